The maximum absolute atomic E-state index is 6.43. The molecule has 3 aromatic heterocycles. The number of nitrogens with one attached hydrogen (secondary N) is 1. The Hall–Kier alpha value is -2.67. The minimum Gasteiger partial charge on any atom is -0.367 e. The van der Waals surface area contributed by atoms with E-state index in [2.05, 4.69) is 22.4 Å². The number of rotatable bonds is 4. The van der Waals surface area contributed by atoms with Crippen molar-refractivity contribution < 1.29 is 0 Å². The Labute approximate surface area is 162 Å². The summed E-state index contributed by atoms with van der Waals surface area (Å²) in [5.41, 5.74) is 2.11. The molecule has 1 aliphatic carbocycles. The highest BCUT2D eigenvalue weighted by atomic mass is 32.1. The van der Waals surface area contributed by atoms with Gasteiger partial charge in [-0.2, -0.15) is 0 Å². The molecule has 3 heterocycles. The molecule has 0 amide bonds. The zero-order valence-corrected chi connectivity index (χ0v) is 15.8. The summed E-state index contributed by atoms with van der Waals surface area (Å²) in [7, 11) is 8.38. The van der Waals surface area contributed by atoms with Crippen molar-refractivity contribution in [2.45, 2.75) is 25.3 Å². The van der Waals surface area contributed by atoms with Crippen LogP contribution in [0.2, 0.25) is 0 Å². The van der Waals surface area contributed by atoms with Crippen LogP contribution in [0.5, 0.6) is 0 Å². The van der Waals surface area contributed by atoms with Crippen LogP contribution in [0, 0.1) is 0 Å². The van der Waals surface area contributed by atoms with Gasteiger partial charge < -0.3 is 9.88 Å². The second-order valence-corrected chi connectivity index (χ2v) is 7.95. The van der Waals surface area contributed by atoms with Crippen molar-refractivity contribution in [3.05, 3.63) is 42.7 Å². The number of imidazole rings is 1. The van der Waals surface area contributed by atoms with E-state index in [-0.39, 0.29) is 0 Å². The molecule has 1 N–H and O–H groups in total. The summed E-state index contributed by atoms with van der Waals surface area (Å²) in [6, 6.07) is 10.7. The summed E-state index contributed by atoms with van der Waals surface area (Å²) in [6.45, 7) is 0. The van der Waals surface area contributed by atoms with Gasteiger partial charge >= 0.3 is 0 Å². The van der Waals surface area contributed by atoms with Gasteiger partial charge in [-0.1, -0.05) is 30.3 Å². The van der Waals surface area contributed by atoms with E-state index >= 15 is 0 Å². The van der Waals surface area contributed by atoms with Crippen molar-refractivity contribution in [3.63, 3.8) is 0 Å². The molecule has 4 aromatic rings. The molecule has 27 heavy (non-hydrogen) atoms. The quantitative estimate of drug-likeness (QED) is 0.558. The van der Waals surface area contributed by atoms with Crippen molar-refractivity contribution in [2.75, 3.05) is 5.32 Å². The van der Waals surface area contributed by atoms with Gasteiger partial charge in [-0.15, -0.1) is 11.3 Å². The molecule has 0 aliphatic heterocycles. The summed E-state index contributed by atoms with van der Waals surface area (Å²) in [5.74, 6) is 2.23. The first-order valence-electron chi connectivity index (χ1n) is 9.10. The third-order valence-electron chi connectivity index (χ3n) is 5.11. The third-order valence-corrected chi connectivity index (χ3v) is 6.02. The van der Waals surface area contributed by atoms with E-state index in [4.69, 9.17) is 17.8 Å². The highest BCUT2D eigenvalue weighted by Crippen LogP contribution is 2.37. The standard InChI is InChI=1S/C20H18BN5S/c1-26-11-10-22-19(26)18-24-17(23-13-8-5-9-13)15-14(12-6-3-2-4-7-12)16(21)27-20(15)25-18/h2-4,6-7,10-11,13H,5,8-9H2,1H3,(H,23,24,25). The van der Waals surface area contributed by atoms with Gasteiger partial charge in [-0.3, -0.25) is 0 Å². The summed E-state index contributed by atoms with van der Waals surface area (Å²) in [4.78, 5) is 15.0. The van der Waals surface area contributed by atoms with Crippen LogP contribution < -0.4 is 10.1 Å². The van der Waals surface area contributed by atoms with E-state index in [1.165, 1.54) is 30.6 Å². The van der Waals surface area contributed by atoms with E-state index < -0.39 is 0 Å². The molecule has 1 aliphatic rings. The Kier molecular flexibility index (Phi) is 3.97. The number of anilines is 1. The summed E-state index contributed by atoms with van der Waals surface area (Å²) in [5, 5.41) is 4.64. The fraction of sp³-hybridized carbons (Fsp3) is 0.250. The Morgan fingerprint density at radius 2 is 2.00 bits per heavy atom. The SMILES string of the molecule is [B]c1sc2nc(-c3nccn3C)nc(NC3CCC3)c2c1-c1ccccc1. The lowest BCUT2D eigenvalue weighted by Crippen LogP contribution is -2.27. The van der Waals surface area contributed by atoms with Crippen molar-refractivity contribution >= 4 is 40.0 Å². The van der Waals surface area contributed by atoms with Gasteiger partial charge in [0.25, 0.3) is 0 Å². The fourth-order valence-electron chi connectivity index (χ4n) is 3.44. The normalized spacial score (nSPS) is 14.4. The van der Waals surface area contributed by atoms with Crippen LogP contribution in [0.25, 0.3) is 33.0 Å². The minimum absolute atomic E-state index is 0.460. The number of hydrogen-bond donors (Lipinski definition) is 1. The van der Waals surface area contributed by atoms with Crippen LogP contribution in [0.15, 0.2) is 42.7 Å². The van der Waals surface area contributed by atoms with Gasteiger partial charge in [-0.25, -0.2) is 15.0 Å². The Bertz CT molecular complexity index is 1110. The van der Waals surface area contributed by atoms with E-state index in [0.717, 1.165) is 37.8 Å². The molecule has 132 valence electrons. The molecule has 0 bridgehead atoms. The highest BCUT2D eigenvalue weighted by Gasteiger charge is 2.23. The largest absolute Gasteiger partial charge is 0.367 e. The number of fused-ring (bicyclic) bond motifs is 1. The molecule has 5 rings (SSSR count). The molecule has 5 nitrogen and oxygen atoms in total. The van der Waals surface area contributed by atoms with Gasteiger partial charge in [0, 0.05) is 25.5 Å². The smallest absolute Gasteiger partial charge is 0.199 e. The van der Waals surface area contributed by atoms with Gasteiger partial charge in [0.05, 0.1) is 5.39 Å². The Balaban J connectivity index is 1.75. The first-order chi connectivity index (χ1) is 13.2. The lowest BCUT2D eigenvalue weighted by Gasteiger charge is -2.27. The Morgan fingerprint density at radius 3 is 2.67 bits per heavy atom. The van der Waals surface area contributed by atoms with E-state index in [9.17, 15) is 0 Å². The average molecular weight is 371 g/mol. The number of benzene rings is 1. The molecule has 1 saturated carbocycles. The van der Waals surface area contributed by atoms with Crippen molar-refractivity contribution in [3.8, 4) is 22.8 Å². The van der Waals surface area contributed by atoms with Crippen LogP contribution in [0.1, 0.15) is 19.3 Å². The zero-order valence-electron chi connectivity index (χ0n) is 15.0. The molecule has 0 atom stereocenters. The first kappa shape index (κ1) is 16.5. The van der Waals surface area contributed by atoms with Crippen molar-refractivity contribution in [1.82, 2.24) is 19.5 Å². The molecule has 1 fully saturated rings. The van der Waals surface area contributed by atoms with E-state index in [0.29, 0.717) is 11.9 Å². The predicted octanol–water partition coefficient (Wildman–Crippen LogP) is 3.52. The summed E-state index contributed by atoms with van der Waals surface area (Å²) in [6.07, 6.45) is 7.27. The van der Waals surface area contributed by atoms with Crippen molar-refractivity contribution in [1.29, 1.82) is 0 Å². The minimum atomic E-state index is 0.460. The zero-order chi connectivity index (χ0) is 18.4. The number of aromatic nitrogens is 4. The fourth-order valence-corrected chi connectivity index (χ4v) is 4.40. The van der Waals surface area contributed by atoms with Gasteiger partial charge in [-0.05, 0) is 35.2 Å². The average Bonchev–Trinajstić information content (AvgIpc) is 3.21. The second kappa shape index (κ2) is 6.49. The molecule has 0 unspecified atom stereocenters. The molecule has 2 radical (unpaired) electrons. The second-order valence-electron chi connectivity index (χ2n) is 6.92. The molecular formula is C20H18BN5S. The molecular weight excluding hydrogens is 353 g/mol. The highest BCUT2D eigenvalue weighted by molar-refractivity contribution is 7.26. The summed E-state index contributed by atoms with van der Waals surface area (Å²) < 4.78 is 2.70. The van der Waals surface area contributed by atoms with Gasteiger partial charge in [0.2, 0.25) is 0 Å². The topological polar surface area (TPSA) is 55.6 Å². The number of thiophene rings is 1. The molecule has 7 heteroatoms. The van der Waals surface area contributed by atoms with E-state index in [1.54, 1.807) is 6.20 Å². The lowest BCUT2D eigenvalue weighted by molar-refractivity contribution is 0.445. The van der Waals surface area contributed by atoms with Crippen LogP contribution >= 0.6 is 11.3 Å². The lowest BCUT2D eigenvalue weighted by atomic mass is 9.92. The van der Waals surface area contributed by atoms with Gasteiger partial charge in [0.15, 0.2) is 11.6 Å². The van der Waals surface area contributed by atoms with Crippen LogP contribution in [-0.4, -0.2) is 33.4 Å². The van der Waals surface area contributed by atoms with Crippen LogP contribution in [-0.2, 0) is 7.05 Å². The first-order valence-corrected chi connectivity index (χ1v) is 9.92. The number of hydrogen-bond acceptors (Lipinski definition) is 5. The number of nitrogens with zero attached hydrogens (tertiary/aromatic N) is 4. The van der Waals surface area contributed by atoms with Gasteiger partial charge in [0.1, 0.15) is 18.5 Å². The summed E-state index contributed by atoms with van der Waals surface area (Å²) >= 11 is 1.51. The predicted molar refractivity (Wildman–Crippen MR) is 112 cm³/mol. The van der Waals surface area contributed by atoms with E-state index in [1.807, 2.05) is 36.0 Å². The molecule has 1 aromatic carbocycles. The van der Waals surface area contributed by atoms with Crippen molar-refractivity contribution in [2.24, 2.45) is 7.05 Å². The number of aryl methyl sites for hydroxylation is 1. The maximum atomic E-state index is 6.43. The Morgan fingerprint density at radius 1 is 1.19 bits per heavy atom. The molecule has 0 spiro atoms. The van der Waals surface area contributed by atoms with Crippen LogP contribution in [0.3, 0.4) is 0 Å². The monoisotopic (exact) mass is 371 g/mol. The maximum Gasteiger partial charge on any atom is 0.199 e. The third kappa shape index (κ3) is 2.82. The molecule has 0 saturated heterocycles. The van der Waals surface area contributed by atoms with Crippen LogP contribution in [0.4, 0.5) is 5.82 Å².